The first-order valence-electron chi connectivity index (χ1n) is 8.51. The molecule has 0 aliphatic carbocycles. The summed E-state index contributed by atoms with van der Waals surface area (Å²) >= 11 is 7.81. The highest BCUT2D eigenvalue weighted by Gasteiger charge is 2.11. The topological polar surface area (TPSA) is 35.0 Å². The summed E-state index contributed by atoms with van der Waals surface area (Å²) in [5.41, 5.74) is 3.10. The number of aryl methyl sites for hydroxylation is 1. The fraction of sp³-hybridized carbons (Fsp3) is 0.238. The highest BCUT2D eigenvalue weighted by molar-refractivity contribution is 7.98. The number of para-hydroxylation sites is 1. The number of ether oxygens (including phenoxy) is 1. The van der Waals surface area contributed by atoms with Gasteiger partial charge < -0.3 is 4.74 Å². The first-order chi connectivity index (χ1) is 12.5. The quantitative estimate of drug-likeness (QED) is 0.352. The van der Waals surface area contributed by atoms with Crippen LogP contribution >= 0.6 is 23.4 Å². The van der Waals surface area contributed by atoms with Crippen molar-refractivity contribution in [1.29, 1.82) is 0 Å². The minimum Gasteiger partial charge on any atom is -0.439 e. The average Bonchev–Trinajstić information content (AvgIpc) is 2.63. The molecule has 134 valence electrons. The molecule has 0 unspecified atom stereocenters. The van der Waals surface area contributed by atoms with E-state index in [2.05, 4.69) is 23.8 Å². The molecule has 0 aliphatic rings. The zero-order valence-electron chi connectivity index (χ0n) is 15.1. The molecule has 3 aromatic rings. The van der Waals surface area contributed by atoms with Crippen molar-refractivity contribution in [2.75, 3.05) is 0 Å². The molecule has 0 radical (unpaired) electrons. The van der Waals surface area contributed by atoms with E-state index in [0.717, 1.165) is 27.6 Å². The Kier molecular flexibility index (Phi) is 6.17. The molecule has 0 aliphatic heterocycles. The van der Waals surface area contributed by atoms with Crippen LogP contribution in [-0.4, -0.2) is 9.97 Å². The highest BCUT2D eigenvalue weighted by atomic mass is 35.5. The molecule has 3 nitrogen and oxygen atoms in total. The summed E-state index contributed by atoms with van der Waals surface area (Å²) in [5.74, 6) is 2.38. The Labute approximate surface area is 163 Å². The monoisotopic (exact) mass is 384 g/mol. The van der Waals surface area contributed by atoms with E-state index in [1.807, 2.05) is 61.5 Å². The lowest BCUT2D eigenvalue weighted by Crippen LogP contribution is -2.00. The zero-order valence-corrected chi connectivity index (χ0v) is 16.6. The van der Waals surface area contributed by atoms with Crippen molar-refractivity contribution in [2.24, 2.45) is 0 Å². The van der Waals surface area contributed by atoms with Gasteiger partial charge in [-0.2, -0.15) is 4.98 Å². The van der Waals surface area contributed by atoms with Gasteiger partial charge in [0.2, 0.25) is 5.88 Å². The fourth-order valence-corrected chi connectivity index (χ4v) is 3.52. The maximum Gasteiger partial charge on any atom is 0.223 e. The Hall–Kier alpha value is -2.04. The number of benzene rings is 2. The Balaban J connectivity index is 1.84. The van der Waals surface area contributed by atoms with E-state index < -0.39 is 0 Å². The SMILES string of the molecule is Cc1ccccc1Oc1cc(C(C)C)nc(SCc2ccccc2Cl)n1. The molecule has 0 fully saturated rings. The van der Waals surface area contributed by atoms with Crippen molar-refractivity contribution >= 4 is 23.4 Å². The Morgan fingerprint density at radius 1 is 1.04 bits per heavy atom. The molecular formula is C21H21ClN2OS. The summed E-state index contributed by atoms with van der Waals surface area (Å²) in [6.07, 6.45) is 0. The van der Waals surface area contributed by atoms with Gasteiger partial charge in [0, 0.05) is 16.8 Å². The number of halogens is 1. The maximum absolute atomic E-state index is 6.25. The predicted molar refractivity (Wildman–Crippen MR) is 108 cm³/mol. The third kappa shape index (κ3) is 4.77. The van der Waals surface area contributed by atoms with Gasteiger partial charge in [0.15, 0.2) is 5.16 Å². The minimum absolute atomic E-state index is 0.289. The van der Waals surface area contributed by atoms with Crippen LogP contribution < -0.4 is 4.74 Å². The smallest absolute Gasteiger partial charge is 0.223 e. The van der Waals surface area contributed by atoms with Crippen LogP contribution in [0.5, 0.6) is 11.6 Å². The zero-order chi connectivity index (χ0) is 18.5. The average molecular weight is 385 g/mol. The van der Waals surface area contributed by atoms with E-state index in [-0.39, 0.29) is 5.92 Å². The second-order valence-electron chi connectivity index (χ2n) is 6.32. The predicted octanol–water partition coefficient (Wildman–Crippen LogP) is 6.65. The van der Waals surface area contributed by atoms with Gasteiger partial charge in [0.05, 0.1) is 5.69 Å². The lowest BCUT2D eigenvalue weighted by atomic mass is 10.1. The van der Waals surface area contributed by atoms with Gasteiger partial charge in [0.1, 0.15) is 5.75 Å². The van der Waals surface area contributed by atoms with Gasteiger partial charge >= 0.3 is 0 Å². The summed E-state index contributed by atoms with van der Waals surface area (Å²) in [7, 11) is 0. The molecule has 1 heterocycles. The van der Waals surface area contributed by atoms with Crippen LogP contribution in [0.4, 0.5) is 0 Å². The number of hydrogen-bond acceptors (Lipinski definition) is 4. The van der Waals surface area contributed by atoms with Crippen LogP contribution in [0.2, 0.25) is 5.02 Å². The molecule has 5 heteroatoms. The van der Waals surface area contributed by atoms with E-state index in [0.29, 0.717) is 16.8 Å². The second kappa shape index (κ2) is 8.56. The summed E-state index contributed by atoms with van der Waals surface area (Å²) in [6.45, 7) is 6.25. The van der Waals surface area contributed by atoms with Crippen LogP contribution in [0.3, 0.4) is 0 Å². The van der Waals surface area contributed by atoms with Crippen molar-refractivity contribution < 1.29 is 4.74 Å². The van der Waals surface area contributed by atoms with Crippen LogP contribution in [0.15, 0.2) is 59.8 Å². The van der Waals surface area contributed by atoms with Crippen LogP contribution in [-0.2, 0) is 5.75 Å². The largest absolute Gasteiger partial charge is 0.439 e. The Morgan fingerprint density at radius 2 is 1.77 bits per heavy atom. The van der Waals surface area contributed by atoms with Crippen molar-refractivity contribution in [1.82, 2.24) is 9.97 Å². The first kappa shape index (κ1) is 18.7. The molecule has 0 saturated heterocycles. The Morgan fingerprint density at radius 3 is 2.50 bits per heavy atom. The van der Waals surface area contributed by atoms with Crippen LogP contribution in [0.1, 0.15) is 36.6 Å². The lowest BCUT2D eigenvalue weighted by Gasteiger charge is -2.12. The minimum atomic E-state index is 0.289. The molecule has 3 rings (SSSR count). The summed E-state index contributed by atoms with van der Waals surface area (Å²) in [6, 6.07) is 17.7. The standard InChI is InChI=1S/C21H21ClN2OS/c1-14(2)18-12-20(25-19-11-7-4-8-15(19)3)24-21(23-18)26-13-16-9-5-6-10-17(16)22/h4-12,14H,13H2,1-3H3. The van der Waals surface area contributed by atoms with Crippen molar-refractivity contribution in [3.8, 4) is 11.6 Å². The van der Waals surface area contributed by atoms with Gasteiger partial charge in [0.25, 0.3) is 0 Å². The van der Waals surface area contributed by atoms with E-state index in [4.69, 9.17) is 16.3 Å². The molecular weight excluding hydrogens is 364 g/mol. The summed E-state index contributed by atoms with van der Waals surface area (Å²) < 4.78 is 6.03. The highest BCUT2D eigenvalue weighted by Crippen LogP contribution is 2.30. The lowest BCUT2D eigenvalue weighted by molar-refractivity contribution is 0.449. The molecule has 0 N–H and O–H groups in total. The molecule has 0 saturated carbocycles. The fourth-order valence-electron chi connectivity index (χ4n) is 2.37. The second-order valence-corrected chi connectivity index (χ2v) is 7.67. The van der Waals surface area contributed by atoms with E-state index in [1.165, 1.54) is 0 Å². The van der Waals surface area contributed by atoms with Crippen LogP contribution in [0, 0.1) is 6.92 Å². The normalized spacial score (nSPS) is 11.0. The van der Waals surface area contributed by atoms with Crippen molar-refractivity contribution in [3.63, 3.8) is 0 Å². The molecule has 0 spiro atoms. The molecule has 0 amide bonds. The number of aromatic nitrogens is 2. The number of thioether (sulfide) groups is 1. The molecule has 0 bridgehead atoms. The number of nitrogens with zero attached hydrogens (tertiary/aromatic N) is 2. The van der Waals surface area contributed by atoms with Crippen molar-refractivity contribution in [3.05, 3.63) is 76.4 Å². The third-order valence-electron chi connectivity index (χ3n) is 3.92. The molecule has 1 aromatic heterocycles. The third-order valence-corrected chi connectivity index (χ3v) is 5.18. The van der Waals surface area contributed by atoms with Gasteiger partial charge in [-0.05, 0) is 36.1 Å². The van der Waals surface area contributed by atoms with Crippen molar-refractivity contribution in [2.45, 2.75) is 37.6 Å². The molecule has 2 aromatic carbocycles. The first-order valence-corrected chi connectivity index (χ1v) is 9.88. The van der Waals surface area contributed by atoms with Crippen LogP contribution in [0.25, 0.3) is 0 Å². The molecule has 26 heavy (non-hydrogen) atoms. The van der Waals surface area contributed by atoms with Gasteiger partial charge in [-0.15, -0.1) is 0 Å². The van der Waals surface area contributed by atoms with E-state index in [9.17, 15) is 0 Å². The van der Waals surface area contributed by atoms with Gasteiger partial charge in [-0.1, -0.05) is 73.6 Å². The number of hydrogen-bond donors (Lipinski definition) is 0. The Bertz CT molecular complexity index is 899. The van der Waals surface area contributed by atoms with Gasteiger partial charge in [-0.25, -0.2) is 4.98 Å². The number of rotatable bonds is 6. The maximum atomic E-state index is 6.25. The van der Waals surface area contributed by atoms with E-state index in [1.54, 1.807) is 11.8 Å². The van der Waals surface area contributed by atoms with E-state index >= 15 is 0 Å². The molecule has 0 atom stereocenters. The summed E-state index contributed by atoms with van der Waals surface area (Å²) in [5, 5.41) is 1.45. The summed E-state index contributed by atoms with van der Waals surface area (Å²) in [4.78, 5) is 9.25. The van der Waals surface area contributed by atoms with Gasteiger partial charge in [-0.3, -0.25) is 0 Å².